The first kappa shape index (κ1) is 11.5. The van der Waals surface area contributed by atoms with E-state index in [1.807, 2.05) is 12.2 Å². The van der Waals surface area contributed by atoms with Gasteiger partial charge in [0.05, 0.1) is 4.47 Å². The smallest absolute Gasteiger partial charge is 0.137 e. The molecule has 1 N–H and O–H groups in total. The molecular weight excluding hydrogens is 268 g/mol. The Morgan fingerprint density at radius 3 is 2.86 bits per heavy atom. The lowest BCUT2D eigenvalue weighted by atomic mass is 10.3. The molecule has 1 rings (SSSR count). The minimum atomic E-state index is -0.258. The molecule has 0 aliphatic heterocycles. The van der Waals surface area contributed by atoms with Crippen LogP contribution in [0.1, 0.15) is 0 Å². The van der Waals surface area contributed by atoms with Crippen LogP contribution in [0.15, 0.2) is 34.8 Å². The third-order valence-electron chi connectivity index (χ3n) is 1.60. The van der Waals surface area contributed by atoms with Crippen molar-refractivity contribution < 1.29 is 4.39 Å². The average Bonchev–Trinajstić information content (AvgIpc) is 2.18. The summed E-state index contributed by atoms with van der Waals surface area (Å²) < 4.78 is 13.3. The maximum Gasteiger partial charge on any atom is 0.137 e. The van der Waals surface area contributed by atoms with Crippen molar-refractivity contribution in [3.05, 3.63) is 40.6 Å². The number of alkyl halides is 1. The normalized spacial score (nSPS) is 10.8. The van der Waals surface area contributed by atoms with Gasteiger partial charge in [-0.25, -0.2) is 4.39 Å². The summed E-state index contributed by atoms with van der Waals surface area (Å²) in [6, 6.07) is 4.80. The van der Waals surface area contributed by atoms with Crippen LogP contribution in [0.4, 0.5) is 10.1 Å². The van der Waals surface area contributed by atoms with Crippen LogP contribution in [0, 0.1) is 5.82 Å². The zero-order valence-corrected chi connectivity index (χ0v) is 9.78. The molecular formula is C10H10BrClFN. The first-order chi connectivity index (χ1) is 6.74. The second-order valence-electron chi connectivity index (χ2n) is 2.64. The van der Waals surface area contributed by atoms with Crippen LogP contribution in [0.3, 0.4) is 0 Å². The molecule has 0 radical (unpaired) electrons. The van der Waals surface area contributed by atoms with E-state index >= 15 is 0 Å². The Balaban J connectivity index is 2.51. The number of allylic oxidation sites excluding steroid dienone is 1. The van der Waals surface area contributed by atoms with E-state index in [-0.39, 0.29) is 5.82 Å². The standard InChI is InChI=1S/C10H10BrClFN/c11-9-7-8(3-4-10(9)13)14-6-2-1-5-12/h1-4,7,14H,5-6H2/b2-1+. The predicted molar refractivity (Wildman–Crippen MR) is 62.4 cm³/mol. The Bertz CT molecular complexity index is 328. The van der Waals surface area contributed by atoms with Crippen LogP contribution < -0.4 is 5.32 Å². The molecule has 1 aromatic carbocycles. The van der Waals surface area contributed by atoms with Gasteiger partial charge in [0.15, 0.2) is 0 Å². The molecule has 0 aromatic heterocycles. The van der Waals surface area contributed by atoms with Crippen LogP contribution in [0.5, 0.6) is 0 Å². The summed E-state index contributed by atoms with van der Waals surface area (Å²) in [7, 11) is 0. The predicted octanol–water partition coefficient (Wildman–Crippen LogP) is 3.80. The average molecular weight is 279 g/mol. The monoisotopic (exact) mass is 277 g/mol. The Morgan fingerprint density at radius 2 is 2.21 bits per heavy atom. The SMILES string of the molecule is Fc1ccc(NC/C=C/CCl)cc1Br. The number of rotatable bonds is 4. The molecule has 0 aliphatic carbocycles. The Labute approximate surface area is 96.1 Å². The minimum absolute atomic E-state index is 0.258. The van der Waals surface area contributed by atoms with Gasteiger partial charge in [-0.05, 0) is 34.1 Å². The molecule has 76 valence electrons. The van der Waals surface area contributed by atoms with Crippen LogP contribution in [-0.4, -0.2) is 12.4 Å². The van der Waals surface area contributed by atoms with Crippen molar-refractivity contribution in [2.75, 3.05) is 17.7 Å². The second kappa shape index (κ2) is 6.04. The van der Waals surface area contributed by atoms with Crippen molar-refractivity contribution in [1.82, 2.24) is 0 Å². The summed E-state index contributed by atoms with van der Waals surface area (Å²) in [6.45, 7) is 0.685. The van der Waals surface area contributed by atoms with Gasteiger partial charge in [-0.3, -0.25) is 0 Å². The van der Waals surface area contributed by atoms with E-state index in [4.69, 9.17) is 11.6 Å². The molecule has 0 aliphatic rings. The zero-order chi connectivity index (χ0) is 10.4. The first-order valence-corrected chi connectivity index (χ1v) is 5.46. The van der Waals surface area contributed by atoms with Crippen molar-refractivity contribution in [1.29, 1.82) is 0 Å². The Kier molecular flexibility index (Phi) is 4.98. The van der Waals surface area contributed by atoms with Gasteiger partial charge >= 0.3 is 0 Å². The molecule has 0 fully saturated rings. The molecule has 0 bridgehead atoms. The topological polar surface area (TPSA) is 12.0 Å². The van der Waals surface area contributed by atoms with Crippen molar-refractivity contribution in [3.8, 4) is 0 Å². The van der Waals surface area contributed by atoms with Gasteiger partial charge in [0.1, 0.15) is 5.82 Å². The number of hydrogen-bond acceptors (Lipinski definition) is 1. The molecule has 0 saturated heterocycles. The molecule has 0 spiro atoms. The highest BCUT2D eigenvalue weighted by molar-refractivity contribution is 9.10. The summed E-state index contributed by atoms with van der Waals surface area (Å²) in [5, 5.41) is 3.11. The van der Waals surface area contributed by atoms with E-state index in [0.717, 1.165) is 5.69 Å². The largest absolute Gasteiger partial charge is 0.382 e. The summed E-state index contributed by atoms with van der Waals surface area (Å²) in [5.74, 6) is 0.251. The molecule has 4 heteroatoms. The lowest BCUT2D eigenvalue weighted by molar-refractivity contribution is 0.621. The summed E-state index contributed by atoms with van der Waals surface area (Å²) >= 11 is 8.57. The van der Waals surface area contributed by atoms with E-state index in [0.29, 0.717) is 16.9 Å². The minimum Gasteiger partial charge on any atom is -0.382 e. The van der Waals surface area contributed by atoms with Gasteiger partial charge in [0.2, 0.25) is 0 Å². The summed E-state index contributed by atoms with van der Waals surface area (Å²) in [6.07, 6.45) is 3.78. The third-order valence-corrected chi connectivity index (χ3v) is 2.39. The first-order valence-electron chi connectivity index (χ1n) is 4.14. The van der Waals surface area contributed by atoms with Crippen molar-refractivity contribution >= 4 is 33.2 Å². The van der Waals surface area contributed by atoms with Gasteiger partial charge < -0.3 is 5.32 Å². The van der Waals surface area contributed by atoms with Crippen LogP contribution in [0.25, 0.3) is 0 Å². The van der Waals surface area contributed by atoms with Crippen LogP contribution >= 0.6 is 27.5 Å². The maximum absolute atomic E-state index is 12.8. The van der Waals surface area contributed by atoms with E-state index < -0.39 is 0 Å². The molecule has 0 heterocycles. The van der Waals surface area contributed by atoms with Gasteiger partial charge in [-0.2, -0.15) is 0 Å². The molecule has 1 nitrogen and oxygen atoms in total. The number of halogens is 3. The molecule has 0 amide bonds. The van der Waals surface area contributed by atoms with E-state index in [9.17, 15) is 4.39 Å². The van der Waals surface area contributed by atoms with Gasteiger partial charge in [0.25, 0.3) is 0 Å². The fraction of sp³-hybridized carbons (Fsp3) is 0.200. The molecule has 0 unspecified atom stereocenters. The Morgan fingerprint density at radius 1 is 1.43 bits per heavy atom. The molecule has 0 atom stereocenters. The zero-order valence-electron chi connectivity index (χ0n) is 7.43. The van der Waals surface area contributed by atoms with Crippen molar-refractivity contribution in [3.63, 3.8) is 0 Å². The lowest BCUT2D eigenvalue weighted by Gasteiger charge is -2.03. The highest BCUT2D eigenvalue weighted by atomic mass is 79.9. The van der Waals surface area contributed by atoms with Gasteiger partial charge in [0, 0.05) is 18.1 Å². The fourth-order valence-electron chi connectivity index (χ4n) is 0.929. The molecule has 14 heavy (non-hydrogen) atoms. The maximum atomic E-state index is 12.8. The number of hydrogen-bond donors (Lipinski definition) is 1. The van der Waals surface area contributed by atoms with E-state index in [1.165, 1.54) is 6.07 Å². The van der Waals surface area contributed by atoms with Crippen LogP contribution in [-0.2, 0) is 0 Å². The van der Waals surface area contributed by atoms with Crippen molar-refractivity contribution in [2.45, 2.75) is 0 Å². The van der Waals surface area contributed by atoms with E-state index in [2.05, 4.69) is 21.2 Å². The fourth-order valence-corrected chi connectivity index (χ4v) is 1.43. The third kappa shape index (κ3) is 3.68. The highest BCUT2D eigenvalue weighted by Crippen LogP contribution is 2.19. The summed E-state index contributed by atoms with van der Waals surface area (Å²) in [4.78, 5) is 0. The lowest BCUT2D eigenvalue weighted by Crippen LogP contribution is -1.98. The quantitative estimate of drug-likeness (QED) is 0.652. The number of benzene rings is 1. The second-order valence-corrected chi connectivity index (χ2v) is 3.80. The Hall–Kier alpha value is -0.540. The molecule has 1 aromatic rings. The molecule has 0 saturated carbocycles. The number of nitrogens with one attached hydrogen (secondary N) is 1. The van der Waals surface area contributed by atoms with Gasteiger partial charge in [-0.15, -0.1) is 11.6 Å². The highest BCUT2D eigenvalue weighted by Gasteiger charge is 1.98. The van der Waals surface area contributed by atoms with Crippen molar-refractivity contribution in [2.24, 2.45) is 0 Å². The number of anilines is 1. The van der Waals surface area contributed by atoms with Crippen LogP contribution in [0.2, 0.25) is 0 Å². The van der Waals surface area contributed by atoms with Gasteiger partial charge in [-0.1, -0.05) is 12.2 Å². The van der Waals surface area contributed by atoms with E-state index in [1.54, 1.807) is 12.1 Å². The summed E-state index contributed by atoms with van der Waals surface area (Å²) in [5.41, 5.74) is 0.873.